The van der Waals surface area contributed by atoms with Crippen LogP contribution in [-0.4, -0.2) is 38.2 Å². The van der Waals surface area contributed by atoms with Crippen molar-refractivity contribution >= 4 is 24.0 Å². The number of nitrogens with two attached hydrogens (primary N) is 1. The Kier molecular flexibility index (Phi) is 8.42. The Hall–Kier alpha value is -0.480. The van der Waals surface area contributed by atoms with Crippen LogP contribution in [0.3, 0.4) is 0 Å². The highest BCUT2D eigenvalue weighted by Gasteiger charge is 2.17. The van der Waals surface area contributed by atoms with E-state index in [1.54, 1.807) is 0 Å². The van der Waals surface area contributed by atoms with Gasteiger partial charge in [0.05, 0.1) is 0 Å². The Morgan fingerprint density at radius 3 is 2.37 bits per heavy atom. The van der Waals surface area contributed by atoms with Crippen LogP contribution >= 0.6 is 24.0 Å². The van der Waals surface area contributed by atoms with E-state index in [4.69, 9.17) is 22.1 Å². The van der Waals surface area contributed by atoms with Gasteiger partial charge in [0, 0.05) is 18.1 Å². The van der Waals surface area contributed by atoms with Crippen LogP contribution in [-0.2, 0) is 0 Å². The lowest BCUT2D eigenvalue weighted by Gasteiger charge is -2.28. The largest absolute Gasteiger partial charge is 0.492 e. The Labute approximate surface area is 127 Å². The highest BCUT2D eigenvalue weighted by molar-refractivity contribution is 6.30. The first-order valence-corrected chi connectivity index (χ1v) is 6.58. The molecule has 19 heavy (non-hydrogen) atoms. The lowest BCUT2D eigenvalue weighted by molar-refractivity contribution is 0.181. The highest BCUT2D eigenvalue weighted by Crippen LogP contribution is 2.16. The Morgan fingerprint density at radius 2 is 1.84 bits per heavy atom. The summed E-state index contributed by atoms with van der Waals surface area (Å²) in [6.07, 6.45) is 0. The topological polar surface area (TPSA) is 38.5 Å². The summed E-state index contributed by atoms with van der Waals surface area (Å²) in [5, 5.41) is 0.726. The van der Waals surface area contributed by atoms with Crippen LogP contribution < -0.4 is 10.5 Å². The Morgan fingerprint density at radius 1 is 1.26 bits per heavy atom. The average molecular weight is 307 g/mol. The van der Waals surface area contributed by atoms with Crippen LogP contribution in [0.5, 0.6) is 5.75 Å². The number of halogens is 2. The van der Waals surface area contributed by atoms with Crippen molar-refractivity contribution in [2.45, 2.75) is 13.8 Å². The number of likely N-dealkylation sites (N-methyl/N-ethyl adjacent to an activating group) is 1. The van der Waals surface area contributed by atoms with Gasteiger partial charge in [-0.25, -0.2) is 0 Å². The third-order valence-electron chi connectivity index (χ3n) is 2.81. The molecular weight excluding hydrogens is 283 g/mol. The molecule has 5 heteroatoms. The third kappa shape index (κ3) is 7.63. The molecule has 1 aromatic carbocycles. The first-order chi connectivity index (χ1) is 8.43. The molecule has 0 atom stereocenters. The van der Waals surface area contributed by atoms with Crippen LogP contribution in [0.4, 0.5) is 0 Å². The van der Waals surface area contributed by atoms with E-state index in [2.05, 4.69) is 25.8 Å². The van der Waals surface area contributed by atoms with E-state index in [0.717, 1.165) is 23.9 Å². The third-order valence-corrected chi connectivity index (χ3v) is 3.06. The maximum atomic E-state index is 5.81. The number of benzene rings is 1. The van der Waals surface area contributed by atoms with Crippen LogP contribution in [0, 0.1) is 5.41 Å². The molecule has 0 aromatic heterocycles. The van der Waals surface area contributed by atoms with Crippen molar-refractivity contribution in [3.8, 4) is 5.75 Å². The standard InChI is InChI=1S/C14H23ClN2O.ClH/c1-14(2,10-16)11-17(3)8-9-18-13-6-4-12(15)5-7-13;/h4-7H,8-11,16H2,1-3H3;1H. The van der Waals surface area contributed by atoms with E-state index >= 15 is 0 Å². The molecule has 110 valence electrons. The fraction of sp³-hybridized carbons (Fsp3) is 0.571. The highest BCUT2D eigenvalue weighted by atomic mass is 35.5. The van der Waals surface area contributed by atoms with Gasteiger partial charge in [0.25, 0.3) is 0 Å². The molecule has 0 saturated carbocycles. The zero-order chi connectivity index (χ0) is 13.6. The van der Waals surface area contributed by atoms with Crippen LogP contribution in [0.25, 0.3) is 0 Å². The predicted octanol–water partition coefficient (Wildman–Crippen LogP) is 3.06. The lowest BCUT2D eigenvalue weighted by atomic mass is 9.93. The summed E-state index contributed by atoms with van der Waals surface area (Å²) in [6, 6.07) is 7.43. The van der Waals surface area contributed by atoms with E-state index in [1.807, 2.05) is 24.3 Å². The SMILES string of the molecule is CN(CCOc1ccc(Cl)cc1)CC(C)(C)CN.Cl. The molecular formula is C14H24Cl2N2O. The number of nitrogens with zero attached hydrogens (tertiary/aromatic N) is 1. The molecule has 2 N–H and O–H groups in total. The van der Waals surface area contributed by atoms with E-state index < -0.39 is 0 Å². The molecule has 0 aliphatic carbocycles. The van der Waals surface area contributed by atoms with Gasteiger partial charge in [-0.1, -0.05) is 25.4 Å². The van der Waals surface area contributed by atoms with Crippen LogP contribution in [0.2, 0.25) is 5.02 Å². The summed E-state index contributed by atoms with van der Waals surface area (Å²) in [6.45, 7) is 7.54. The van der Waals surface area contributed by atoms with Gasteiger partial charge < -0.3 is 15.4 Å². The van der Waals surface area contributed by atoms with Crippen molar-refractivity contribution in [2.24, 2.45) is 11.1 Å². The average Bonchev–Trinajstić information content (AvgIpc) is 2.31. The summed E-state index contributed by atoms with van der Waals surface area (Å²) >= 11 is 5.81. The van der Waals surface area contributed by atoms with Crippen molar-refractivity contribution < 1.29 is 4.74 Å². The van der Waals surface area contributed by atoms with Gasteiger partial charge in [-0.15, -0.1) is 12.4 Å². The molecule has 0 unspecified atom stereocenters. The maximum absolute atomic E-state index is 5.81. The molecule has 0 aliphatic heterocycles. The molecule has 3 nitrogen and oxygen atoms in total. The van der Waals surface area contributed by atoms with Gasteiger partial charge in [0.2, 0.25) is 0 Å². The lowest BCUT2D eigenvalue weighted by Crippen LogP contribution is -2.38. The summed E-state index contributed by atoms with van der Waals surface area (Å²) in [5.41, 5.74) is 5.87. The minimum absolute atomic E-state index is 0. The monoisotopic (exact) mass is 306 g/mol. The summed E-state index contributed by atoms with van der Waals surface area (Å²) < 4.78 is 5.65. The molecule has 0 amide bonds. The minimum atomic E-state index is 0. The first-order valence-electron chi connectivity index (χ1n) is 6.20. The number of hydrogen-bond donors (Lipinski definition) is 1. The molecule has 0 radical (unpaired) electrons. The Balaban J connectivity index is 0.00000324. The van der Waals surface area contributed by atoms with Crippen LogP contribution in [0.15, 0.2) is 24.3 Å². The zero-order valence-corrected chi connectivity index (χ0v) is 13.4. The second-order valence-corrected chi connectivity index (χ2v) is 5.84. The molecule has 0 bridgehead atoms. The van der Waals surface area contributed by atoms with E-state index in [-0.39, 0.29) is 17.8 Å². The maximum Gasteiger partial charge on any atom is 0.119 e. The van der Waals surface area contributed by atoms with Crippen molar-refractivity contribution in [1.82, 2.24) is 4.90 Å². The van der Waals surface area contributed by atoms with E-state index in [1.165, 1.54) is 0 Å². The Bertz CT molecular complexity index is 355. The van der Waals surface area contributed by atoms with Gasteiger partial charge in [-0.05, 0) is 43.3 Å². The quantitative estimate of drug-likeness (QED) is 0.841. The van der Waals surface area contributed by atoms with E-state index in [0.29, 0.717) is 13.2 Å². The molecule has 0 spiro atoms. The van der Waals surface area contributed by atoms with Crippen molar-refractivity contribution in [3.63, 3.8) is 0 Å². The fourth-order valence-corrected chi connectivity index (χ4v) is 1.85. The minimum Gasteiger partial charge on any atom is -0.492 e. The second-order valence-electron chi connectivity index (χ2n) is 5.41. The van der Waals surface area contributed by atoms with Crippen molar-refractivity contribution in [1.29, 1.82) is 0 Å². The predicted molar refractivity (Wildman–Crippen MR) is 84.5 cm³/mol. The number of hydrogen-bond acceptors (Lipinski definition) is 3. The van der Waals surface area contributed by atoms with Crippen LogP contribution in [0.1, 0.15) is 13.8 Å². The zero-order valence-electron chi connectivity index (χ0n) is 11.9. The van der Waals surface area contributed by atoms with Crippen molar-refractivity contribution in [3.05, 3.63) is 29.3 Å². The molecule has 0 heterocycles. The summed E-state index contributed by atoms with van der Waals surface area (Å²) in [7, 11) is 2.09. The molecule has 0 aliphatic rings. The smallest absolute Gasteiger partial charge is 0.119 e. The van der Waals surface area contributed by atoms with Gasteiger partial charge in [0.15, 0.2) is 0 Å². The van der Waals surface area contributed by atoms with Crippen molar-refractivity contribution in [2.75, 3.05) is 33.3 Å². The fourth-order valence-electron chi connectivity index (χ4n) is 1.72. The van der Waals surface area contributed by atoms with Gasteiger partial charge in [-0.3, -0.25) is 0 Å². The summed E-state index contributed by atoms with van der Waals surface area (Å²) in [4.78, 5) is 2.24. The summed E-state index contributed by atoms with van der Waals surface area (Å²) in [5.74, 6) is 0.853. The number of ether oxygens (including phenoxy) is 1. The molecule has 1 rings (SSSR count). The molecule has 0 fully saturated rings. The van der Waals surface area contributed by atoms with Gasteiger partial charge in [0.1, 0.15) is 12.4 Å². The normalized spacial score (nSPS) is 11.3. The van der Waals surface area contributed by atoms with Gasteiger partial charge in [-0.2, -0.15) is 0 Å². The second kappa shape index (κ2) is 8.64. The first kappa shape index (κ1) is 18.5. The molecule has 0 saturated heterocycles. The van der Waals surface area contributed by atoms with E-state index in [9.17, 15) is 0 Å². The van der Waals surface area contributed by atoms with Gasteiger partial charge >= 0.3 is 0 Å². The number of rotatable bonds is 7. The molecule has 1 aromatic rings.